The summed E-state index contributed by atoms with van der Waals surface area (Å²) in [5.41, 5.74) is 1.23. The molecule has 27 heavy (non-hydrogen) atoms. The van der Waals surface area contributed by atoms with Crippen molar-refractivity contribution in [3.63, 3.8) is 0 Å². The summed E-state index contributed by atoms with van der Waals surface area (Å²) in [6.07, 6.45) is -1.20. The van der Waals surface area contributed by atoms with Gasteiger partial charge in [0.1, 0.15) is 11.9 Å². The highest BCUT2D eigenvalue weighted by Crippen LogP contribution is 2.21. The number of hydrogen-bond acceptors (Lipinski definition) is 4. The van der Waals surface area contributed by atoms with Crippen LogP contribution in [0.1, 0.15) is 22.0 Å². The zero-order valence-electron chi connectivity index (χ0n) is 14.5. The highest BCUT2D eigenvalue weighted by molar-refractivity contribution is 7.80. The maximum absolute atomic E-state index is 12.6. The Bertz CT molecular complexity index is 885. The van der Waals surface area contributed by atoms with Gasteiger partial charge in [-0.25, -0.2) is 0 Å². The fourth-order valence-electron chi connectivity index (χ4n) is 2.62. The standard InChI is InChI=1S/C22H19NO3S/c24-20(22(27)26-18-14-8-3-9-15-18)19(16-10-4-1-5-11-16)23-21(25)17-12-6-2-7-13-17/h1-15,19-20,24H,(H,23,25)/t19-,20-/m0/s1. The van der Waals surface area contributed by atoms with Crippen LogP contribution in [0.15, 0.2) is 91.0 Å². The molecule has 0 bridgehead atoms. The van der Waals surface area contributed by atoms with E-state index in [2.05, 4.69) is 5.32 Å². The fraction of sp³-hybridized carbons (Fsp3) is 0.0909. The third kappa shape index (κ3) is 5.00. The Kier molecular flexibility index (Phi) is 6.30. The SMILES string of the molecule is O=C(N[C@@H](c1ccccc1)[C@H](O)C(=S)Oc1ccccc1)c1ccccc1. The highest BCUT2D eigenvalue weighted by atomic mass is 32.1. The van der Waals surface area contributed by atoms with Crippen LogP contribution in [-0.4, -0.2) is 22.2 Å². The van der Waals surface area contributed by atoms with Gasteiger partial charge in [0.05, 0.1) is 6.04 Å². The first-order valence-electron chi connectivity index (χ1n) is 8.51. The van der Waals surface area contributed by atoms with E-state index in [1.165, 1.54) is 0 Å². The van der Waals surface area contributed by atoms with Crippen LogP contribution < -0.4 is 10.1 Å². The summed E-state index contributed by atoms with van der Waals surface area (Å²) in [5.74, 6) is 0.230. The van der Waals surface area contributed by atoms with Gasteiger partial charge in [-0.2, -0.15) is 0 Å². The third-order valence-electron chi connectivity index (χ3n) is 4.00. The van der Waals surface area contributed by atoms with E-state index in [1.54, 1.807) is 36.4 Å². The number of rotatable bonds is 6. The van der Waals surface area contributed by atoms with Crippen molar-refractivity contribution in [2.75, 3.05) is 0 Å². The third-order valence-corrected chi connectivity index (χ3v) is 4.32. The Balaban J connectivity index is 1.81. The first-order valence-corrected chi connectivity index (χ1v) is 8.91. The van der Waals surface area contributed by atoms with Gasteiger partial charge in [-0.15, -0.1) is 0 Å². The maximum Gasteiger partial charge on any atom is 0.251 e. The van der Waals surface area contributed by atoms with E-state index in [0.717, 1.165) is 5.56 Å². The average Bonchev–Trinajstić information content (AvgIpc) is 2.73. The van der Waals surface area contributed by atoms with Crippen LogP contribution in [0.25, 0.3) is 0 Å². The van der Waals surface area contributed by atoms with Crippen LogP contribution in [0, 0.1) is 0 Å². The first-order chi connectivity index (χ1) is 13.1. The smallest absolute Gasteiger partial charge is 0.251 e. The molecule has 0 aliphatic heterocycles. The van der Waals surface area contributed by atoms with Gasteiger partial charge in [0, 0.05) is 5.56 Å². The van der Waals surface area contributed by atoms with Crippen molar-refractivity contribution in [3.8, 4) is 5.75 Å². The quantitative estimate of drug-likeness (QED) is 0.639. The van der Waals surface area contributed by atoms with Gasteiger partial charge in [-0.05, 0) is 42.0 Å². The molecule has 3 aromatic carbocycles. The number of aliphatic hydroxyl groups is 1. The maximum atomic E-state index is 12.6. The minimum atomic E-state index is -1.20. The van der Waals surface area contributed by atoms with Crippen LogP contribution in [0.4, 0.5) is 0 Å². The van der Waals surface area contributed by atoms with E-state index >= 15 is 0 Å². The molecule has 0 heterocycles. The lowest BCUT2D eigenvalue weighted by molar-refractivity contribution is 0.0889. The predicted molar refractivity (Wildman–Crippen MR) is 109 cm³/mol. The molecule has 0 saturated heterocycles. The molecule has 0 fully saturated rings. The summed E-state index contributed by atoms with van der Waals surface area (Å²) < 4.78 is 5.60. The number of carbonyl (C=O) groups excluding carboxylic acids is 1. The molecule has 0 aromatic heterocycles. The zero-order valence-corrected chi connectivity index (χ0v) is 15.3. The van der Waals surface area contributed by atoms with Crippen molar-refractivity contribution in [1.29, 1.82) is 0 Å². The molecular formula is C22H19NO3S. The minimum Gasteiger partial charge on any atom is -0.447 e. The number of benzene rings is 3. The van der Waals surface area contributed by atoms with Gasteiger partial charge in [-0.3, -0.25) is 4.79 Å². The number of thiocarbonyl (C=S) groups is 1. The molecule has 2 N–H and O–H groups in total. The van der Waals surface area contributed by atoms with Crippen molar-refractivity contribution >= 4 is 23.2 Å². The van der Waals surface area contributed by atoms with E-state index in [4.69, 9.17) is 17.0 Å². The predicted octanol–water partition coefficient (Wildman–Crippen LogP) is 3.93. The van der Waals surface area contributed by atoms with E-state index in [0.29, 0.717) is 11.3 Å². The van der Waals surface area contributed by atoms with Gasteiger partial charge in [0.15, 0.2) is 5.05 Å². The Morgan fingerprint density at radius 1 is 0.852 bits per heavy atom. The van der Waals surface area contributed by atoms with E-state index < -0.39 is 12.1 Å². The van der Waals surface area contributed by atoms with Crippen molar-refractivity contribution in [1.82, 2.24) is 5.32 Å². The summed E-state index contributed by atoms with van der Waals surface area (Å²) in [4.78, 5) is 12.6. The number of aliphatic hydroxyl groups excluding tert-OH is 1. The number of nitrogens with one attached hydrogen (secondary N) is 1. The van der Waals surface area contributed by atoms with Crippen LogP contribution in [-0.2, 0) is 0 Å². The topological polar surface area (TPSA) is 58.6 Å². The molecule has 5 heteroatoms. The van der Waals surface area contributed by atoms with Gasteiger partial charge in [0.2, 0.25) is 0 Å². The zero-order chi connectivity index (χ0) is 19.1. The van der Waals surface area contributed by atoms with E-state index in [-0.39, 0.29) is 11.0 Å². The van der Waals surface area contributed by atoms with Gasteiger partial charge in [-0.1, -0.05) is 66.7 Å². The molecule has 136 valence electrons. The lowest BCUT2D eigenvalue weighted by Gasteiger charge is -2.25. The first kappa shape index (κ1) is 18.8. The van der Waals surface area contributed by atoms with Gasteiger partial charge < -0.3 is 15.2 Å². The summed E-state index contributed by atoms with van der Waals surface area (Å²) in [5, 5.41) is 13.7. The second-order valence-electron chi connectivity index (χ2n) is 5.91. The van der Waals surface area contributed by atoms with Crippen LogP contribution in [0.2, 0.25) is 0 Å². The lowest BCUT2D eigenvalue weighted by atomic mass is 10.0. The van der Waals surface area contributed by atoms with Crippen molar-refractivity contribution in [2.24, 2.45) is 0 Å². The van der Waals surface area contributed by atoms with Crippen molar-refractivity contribution in [2.45, 2.75) is 12.1 Å². The number of carbonyl (C=O) groups is 1. The molecule has 3 rings (SSSR count). The Hall–Kier alpha value is -3.02. The van der Waals surface area contributed by atoms with Crippen LogP contribution >= 0.6 is 12.2 Å². The lowest BCUT2D eigenvalue weighted by Crippen LogP contribution is -2.41. The fourth-order valence-corrected chi connectivity index (χ4v) is 2.85. The van der Waals surface area contributed by atoms with Crippen LogP contribution in [0.3, 0.4) is 0 Å². The summed E-state index contributed by atoms with van der Waals surface area (Å²) in [6, 6.07) is 26.3. The molecule has 0 aliphatic carbocycles. The van der Waals surface area contributed by atoms with Crippen molar-refractivity contribution < 1.29 is 14.6 Å². The monoisotopic (exact) mass is 377 g/mol. The number of amides is 1. The van der Waals surface area contributed by atoms with E-state index in [9.17, 15) is 9.90 Å². The number of para-hydroxylation sites is 1. The molecule has 0 aliphatic rings. The largest absolute Gasteiger partial charge is 0.447 e. The molecular weight excluding hydrogens is 358 g/mol. The van der Waals surface area contributed by atoms with Crippen LogP contribution in [0.5, 0.6) is 5.75 Å². The molecule has 2 atom stereocenters. The Morgan fingerprint density at radius 2 is 1.37 bits per heavy atom. The molecule has 3 aromatic rings. The second kappa shape index (κ2) is 9.07. The average molecular weight is 377 g/mol. The van der Waals surface area contributed by atoms with Gasteiger partial charge >= 0.3 is 0 Å². The highest BCUT2D eigenvalue weighted by Gasteiger charge is 2.28. The van der Waals surface area contributed by atoms with E-state index in [1.807, 2.05) is 54.6 Å². The van der Waals surface area contributed by atoms with Gasteiger partial charge in [0.25, 0.3) is 5.91 Å². The molecule has 0 saturated carbocycles. The molecule has 4 nitrogen and oxygen atoms in total. The number of ether oxygens (including phenoxy) is 1. The summed E-state index contributed by atoms with van der Waals surface area (Å²) in [7, 11) is 0. The summed E-state index contributed by atoms with van der Waals surface area (Å²) in [6.45, 7) is 0. The summed E-state index contributed by atoms with van der Waals surface area (Å²) >= 11 is 5.28. The Morgan fingerprint density at radius 3 is 1.96 bits per heavy atom. The molecule has 1 amide bonds. The second-order valence-corrected chi connectivity index (χ2v) is 6.31. The number of hydrogen-bond donors (Lipinski definition) is 2. The molecule has 0 radical (unpaired) electrons. The molecule has 0 spiro atoms. The minimum absolute atomic E-state index is 0.0107. The Labute approximate surface area is 163 Å². The normalized spacial score (nSPS) is 12.6. The molecule has 0 unspecified atom stereocenters. The van der Waals surface area contributed by atoms with Crippen molar-refractivity contribution in [3.05, 3.63) is 102 Å².